The van der Waals surface area contributed by atoms with Crippen LogP contribution in [0.1, 0.15) is 63.1 Å². The van der Waals surface area contributed by atoms with Gasteiger partial charge in [-0.2, -0.15) is 0 Å². The number of fused-ring (bicyclic) bond motifs is 3. The minimum atomic E-state index is 0.197. The smallest absolute Gasteiger partial charge is 0.225 e. The lowest BCUT2D eigenvalue weighted by Crippen LogP contribution is -2.56. The topological polar surface area (TPSA) is 23.6 Å². The van der Waals surface area contributed by atoms with Crippen molar-refractivity contribution < 1.29 is 4.79 Å². The third kappa shape index (κ3) is 2.77. The lowest BCUT2D eigenvalue weighted by Gasteiger charge is -2.50. The third-order valence-electron chi connectivity index (χ3n) is 6.40. The summed E-state index contributed by atoms with van der Waals surface area (Å²) in [5.74, 6) is 0.720. The molecule has 1 atom stereocenters. The van der Waals surface area contributed by atoms with Crippen molar-refractivity contribution in [3.63, 3.8) is 0 Å². The van der Waals surface area contributed by atoms with Crippen LogP contribution >= 0.6 is 0 Å². The molecule has 24 heavy (non-hydrogen) atoms. The van der Waals surface area contributed by atoms with E-state index in [1.807, 2.05) is 0 Å². The fraction of sp³-hybridized carbons (Fsp3) is 0.667. The number of carbonyl (C=O) groups excluding carboxylic acids is 1. The van der Waals surface area contributed by atoms with E-state index in [1.54, 1.807) is 0 Å². The van der Waals surface area contributed by atoms with Gasteiger partial charge < -0.3 is 4.90 Å². The van der Waals surface area contributed by atoms with Crippen LogP contribution < -0.4 is 0 Å². The van der Waals surface area contributed by atoms with Crippen LogP contribution in [0.3, 0.4) is 0 Å². The summed E-state index contributed by atoms with van der Waals surface area (Å²) in [6.07, 6.45) is 5.98. The lowest BCUT2D eigenvalue weighted by molar-refractivity contribution is -0.140. The van der Waals surface area contributed by atoms with Crippen molar-refractivity contribution in [2.75, 3.05) is 26.2 Å². The average molecular weight is 326 g/mol. The van der Waals surface area contributed by atoms with E-state index in [9.17, 15) is 4.79 Å². The van der Waals surface area contributed by atoms with Gasteiger partial charge in [-0.05, 0) is 24.0 Å². The molecule has 0 aromatic heterocycles. The predicted molar refractivity (Wildman–Crippen MR) is 96.9 cm³/mol. The van der Waals surface area contributed by atoms with Crippen molar-refractivity contribution in [2.45, 2.75) is 57.4 Å². The van der Waals surface area contributed by atoms with Gasteiger partial charge in [0.05, 0.1) is 6.04 Å². The zero-order chi connectivity index (χ0) is 16.7. The van der Waals surface area contributed by atoms with Crippen LogP contribution in [0.15, 0.2) is 24.3 Å². The maximum absolute atomic E-state index is 13.0. The molecule has 1 saturated heterocycles. The summed E-state index contributed by atoms with van der Waals surface area (Å²) < 4.78 is 0. The van der Waals surface area contributed by atoms with Gasteiger partial charge in [0.2, 0.25) is 5.91 Å². The molecule has 1 saturated carbocycles. The van der Waals surface area contributed by atoms with E-state index in [4.69, 9.17) is 0 Å². The first kappa shape index (κ1) is 16.1. The Kier molecular flexibility index (Phi) is 4.16. The van der Waals surface area contributed by atoms with E-state index in [-0.39, 0.29) is 5.41 Å². The molecule has 3 heteroatoms. The van der Waals surface area contributed by atoms with Crippen LogP contribution in [0.2, 0.25) is 0 Å². The van der Waals surface area contributed by atoms with Crippen molar-refractivity contribution in [3.8, 4) is 0 Å². The van der Waals surface area contributed by atoms with Crippen LogP contribution in [0.5, 0.6) is 0 Å². The quantitative estimate of drug-likeness (QED) is 0.785. The molecule has 1 aromatic rings. The Morgan fingerprint density at radius 1 is 1.08 bits per heavy atom. The Balaban J connectivity index is 1.56. The zero-order valence-corrected chi connectivity index (χ0v) is 15.1. The molecular formula is C21H30N2O. The van der Waals surface area contributed by atoms with Crippen molar-refractivity contribution in [3.05, 3.63) is 35.4 Å². The van der Waals surface area contributed by atoms with Crippen LogP contribution in [0.4, 0.5) is 0 Å². The van der Waals surface area contributed by atoms with Crippen molar-refractivity contribution >= 4 is 5.91 Å². The number of nitrogens with zero attached hydrogens (tertiary/aromatic N) is 2. The first-order valence-corrected chi connectivity index (χ1v) is 9.68. The summed E-state index contributed by atoms with van der Waals surface area (Å²) in [4.78, 5) is 17.8. The van der Waals surface area contributed by atoms with Gasteiger partial charge in [0.15, 0.2) is 0 Å². The molecule has 1 aromatic carbocycles. The molecule has 1 aliphatic carbocycles. The highest BCUT2D eigenvalue weighted by atomic mass is 16.2. The lowest BCUT2D eigenvalue weighted by atomic mass is 9.75. The van der Waals surface area contributed by atoms with Crippen LogP contribution in [-0.4, -0.2) is 41.9 Å². The monoisotopic (exact) mass is 326 g/mol. The summed E-state index contributed by atoms with van der Waals surface area (Å²) in [5, 5.41) is 0. The molecule has 2 aliphatic heterocycles. The number of hydrogen-bond acceptors (Lipinski definition) is 2. The van der Waals surface area contributed by atoms with Crippen molar-refractivity contribution in [2.24, 2.45) is 5.92 Å². The third-order valence-corrected chi connectivity index (χ3v) is 6.40. The molecule has 1 unspecified atom stereocenters. The maximum Gasteiger partial charge on any atom is 0.225 e. The Labute approximate surface area is 146 Å². The minimum Gasteiger partial charge on any atom is -0.339 e. The standard InChI is InChI=1S/C21H30N2O/c1-21(2)15-23-13-12-22(20(24)16-8-4-3-5-9-16)14-19(23)17-10-6-7-11-18(17)21/h6-7,10-11,16,19H,3-5,8-9,12-15H2,1-2H3. The van der Waals surface area contributed by atoms with E-state index in [0.717, 1.165) is 39.0 Å². The van der Waals surface area contributed by atoms with Gasteiger partial charge >= 0.3 is 0 Å². The van der Waals surface area contributed by atoms with E-state index in [2.05, 4.69) is 47.9 Å². The minimum absolute atomic E-state index is 0.197. The van der Waals surface area contributed by atoms with Gasteiger partial charge in [-0.3, -0.25) is 9.69 Å². The SMILES string of the molecule is CC1(C)CN2CCN(C(=O)C3CCCCC3)CC2c2ccccc21. The molecule has 3 nitrogen and oxygen atoms in total. The molecule has 4 rings (SSSR count). The van der Waals surface area contributed by atoms with Gasteiger partial charge in [0.25, 0.3) is 0 Å². The number of hydrogen-bond donors (Lipinski definition) is 0. The van der Waals surface area contributed by atoms with E-state index in [1.165, 1.54) is 30.4 Å². The highest BCUT2D eigenvalue weighted by Crippen LogP contribution is 2.41. The van der Waals surface area contributed by atoms with Crippen molar-refractivity contribution in [1.82, 2.24) is 9.80 Å². The molecule has 2 heterocycles. The fourth-order valence-corrected chi connectivity index (χ4v) is 5.11. The second-order valence-electron chi connectivity index (χ2n) is 8.58. The Morgan fingerprint density at radius 3 is 2.62 bits per heavy atom. The number of amides is 1. The molecule has 0 spiro atoms. The fourth-order valence-electron chi connectivity index (χ4n) is 5.11. The molecule has 130 valence electrons. The molecular weight excluding hydrogens is 296 g/mol. The van der Waals surface area contributed by atoms with E-state index < -0.39 is 0 Å². The Hall–Kier alpha value is -1.35. The highest BCUT2D eigenvalue weighted by Gasteiger charge is 2.41. The second kappa shape index (κ2) is 6.18. The van der Waals surface area contributed by atoms with Crippen molar-refractivity contribution in [1.29, 1.82) is 0 Å². The molecule has 3 aliphatic rings. The summed E-state index contributed by atoms with van der Waals surface area (Å²) in [7, 11) is 0. The van der Waals surface area contributed by atoms with Gasteiger partial charge in [-0.25, -0.2) is 0 Å². The summed E-state index contributed by atoms with van der Waals surface area (Å²) in [6.45, 7) is 8.59. The van der Waals surface area contributed by atoms with E-state index in [0.29, 0.717) is 17.9 Å². The van der Waals surface area contributed by atoms with Gasteiger partial charge in [0.1, 0.15) is 0 Å². The normalized spacial score (nSPS) is 27.4. The van der Waals surface area contributed by atoms with Crippen LogP contribution in [0.25, 0.3) is 0 Å². The summed E-state index contributed by atoms with van der Waals surface area (Å²) in [6, 6.07) is 9.26. The summed E-state index contributed by atoms with van der Waals surface area (Å²) >= 11 is 0. The van der Waals surface area contributed by atoms with Crippen LogP contribution in [0, 0.1) is 5.92 Å². The zero-order valence-electron chi connectivity index (χ0n) is 15.1. The molecule has 1 amide bonds. The van der Waals surface area contributed by atoms with E-state index >= 15 is 0 Å². The number of carbonyl (C=O) groups is 1. The molecule has 0 N–H and O–H groups in total. The van der Waals surface area contributed by atoms with Gasteiger partial charge in [-0.1, -0.05) is 57.4 Å². The van der Waals surface area contributed by atoms with Crippen LogP contribution in [-0.2, 0) is 10.2 Å². The Bertz CT molecular complexity index is 618. The number of piperazine rings is 1. The maximum atomic E-state index is 13.0. The number of benzene rings is 1. The number of rotatable bonds is 1. The second-order valence-corrected chi connectivity index (χ2v) is 8.58. The molecule has 0 bridgehead atoms. The summed E-state index contributed by atoms with van der Waals surface area (Å²) in [5.41, 5.74) is 3.11. The average Bonchev–Trinajstić information content (AvgIpc) is 2.61. The molecule has 0 radical (unpaired) electrons. The molecule has 2 fully saturated rings. The largest absolute Gasteiger partial charge is 0.339 e. The predicted octanol–water partition coefficient (Wildman–Crippen LogP) is 3.74. The Morgan fingerprint density at radius 2 is 1.83 bits per heavy atom. The van der Waals surface area contributed by atoms with Gasteiger partial charge in [-0.15, -0.1) is 0 Å². The first-order chi connectivity index (χ1) is 11.6. The highest BCUT2D eigenvalue weighted by molar-refractivity contribution is 5.79. The first-order valence-electron chi connectivity index (χ1n) is 9.68. The van der Waals surface area contributed by atoms with Gasteiger partial charge in [0, 0.05) is 37.5 Å².